The fourth-order valence-corrected chi connectivity index (χ4v) is 3.85. The SMILES string of the molecule is Cc1csc(CN2Cc3ccnn3CC(Oc3ccc(C#N)cn3)C2)n1. The average Bonchev–Trinajstić information content (AvgIpc) is 3.21. The molecule has 0 N–H and O–H groups in total. The Morgan fingerprint density at radius 2 is 2.27 bits per heavy atom. The Bertz CT molecular complexity index is 926. The molecule has 0 fully saturated rings. The fourth-order valence-electron chi connectivity index (χ4n) is 3.04. The van der Waals surface area contributed by atoms with Gasteiger partial charge in [0.05, 0.1) is 24.3 Å². The number of nitriles is 1. The van der Waals surface area contributed by atoms with Crippen LogP contribution in [-0.4, -0.2) is 37.3 Å². The largest absolute Gasteiger partial charge is 0.471 e. The lowest BCUT2D eigenvalue weighted by molar-refractivity contribution is 0.117. The number of ether oxygens (including phenoxy) is 1. The van der Waals surface area contributed by atoms with E-state index in [2.05, 4.69) is 31.4 Å². The first-order valence-electron chi connectivity index (χ1n) is 8.36. The van der Waals surface area contributed by atoms with Crippen molar-refractivity contribution in [3.63, 3.8) is 0 Å². The van der Waals surface area contributed by atoms with Crippen molar-refractivity contribution in [2.75, 3.05) is 6.54 Å². The molecular formula is C18H18N6OS. The van der Waals surface area contributed by atoms with Crippen LogP contribution in [0.3, 0.4) is 0 Å². The van der Waals surface area contributed by atoms with Crippen molar-refractivity contribution in [1.29, 1.82) is 5.26 Å². The molecule has 0 saturated heterocycles. The van der Waals surface area contributed by atoms with Crippen molar-refractivity contribution in [3.05, 3.63) is 57.9 Å². The number of pyridine rings is 1. The molecule has 26 heavy (non-hydrogen) atoms. The van der Waals surface area contributed by atoms with Gasteiger partial charge in [-0.15, -0.1) is 11.3 Å². The minimum absolute atomic E-state index is 0.0855. The summed E-state index contributed by atoms with van der Waals surface area (Å²) in [6, 6.07) is 7.57. The van der Waals surface area contributed by atoms with Crippen molar-refractivity contribution in [2.24, 2.45) is 0 Å². The van der Waals surface area contributed by atoms with Gasteiger partial charge in [0, 0.05) is 42.6 Å². The molecule has 0 bridgehead atoms. The average molecular weight is 366 g/mol. The van der Waals surface area contributed by atoms with Gasteiger partial charge < -0.3 is 4.74 Å². The third kappa shape index (κ3) is 3.74. The number of hydrogen-bond donors (Lipinski definition) is 0. The lowest BCUT2D eigenvalue weighted by Gasteiger charge is -2.23. The molecule has 0 amide bonds. The van der Waals surface area contributed by atoms with Crippen molar-refractivity contribution in [1.82, 2.24) is 24.6 Å². The van der Waals surface area contributed by atoms with Gasteiger partial charge in [-0.25, -0.2) is 9.97 Å². The van der Waals surface area contributed by atoms with E-state index in [1.807, 2.05) is 23.9 Å². The van der Waals surface area contributed by atoms with Gasteiger partial charge in [-0.1, -0.05) is 0 Å². The van der Waals surface area contributed by atoms with Crippen LogP contribution in [0.15, 0.2) is 36.0 Å². The zero-order chi connectivity index (χ0) is 17.9. The van der Waals surface area contributed by atoms with Crippen LogP contribution in [0, 0.1) is 18.3 Å². The van der Waals surface area contributed by atoms with Gasteiger partial charge in [0.2, 0.25) is 5.88 Å². The molecular weight excluding hydrogens is 348 g/mol. The number of aromatic nitrogens is 4. The topological polar surface area (TPSA) is 79.9 Å². The summed E-state index contributed by atoms with van der Waals surface area (Å²) in [7, 11) is 0. The summed E-state index contributed by atoms with van der Waals surface area (Å²) in [5, 5.41) is 16.5. The molecule has 0 spiro atoms. The second-order valence-electron chi connectivity index (χ2n) is 6.29. The van der Waals surface area contributed by atoms with E-state index in [4.69, 9.17) is 10.00 Å². The van der Waals surface area contributed by atoms with E-state index in [9.17, 15) is 0 Å². The monoisotopic (exact) mass is 366 g/mol. The molecule has 132 valence electrons. The van der Waals surface area contributed by atoms with Crippen LogP contribution < -0.4 is 4.74 Å². The molecule has 4 rings (SSSR count). The second-order valence-corrected chi connectivity index (χ2v) is 7.24. The molecule has 4 heterocycles. The molecule has 8 heteroatoms. The van der Waals surface area contributed by atoms with E-state index in [0.29, 0.717) is 18.0 Å². The molecule has 0 radical (unpaired) electrons. The summed E-state index contributed by atoms with van der Waals surface area (Å²) in [5.74, 6) is 0.523. The molecule has 3 aromatic rings. The Labute approximate surface area is 155 Å². The zero-order valence-corrected chi connectivity index (χ0v) is 15.2. The summed E-state index contributed by atoms with van der Waals surface area (Å²) < 4.78 is 8.08. The van der Waals surface area contributed by atoms with Crippen LogP contribution in [0.1, 0.15) is 22.0 Å². The number of thiazole rings is 1. The van der Waals surface area contributed by atoms with Crippen molar-refractivity contribution < 1.29 is 4.74 Å². The molecule has 1 aliphatic rings. The summed E-state index contributed by atoms with van der Waals surface area (Å²) in [5.41, 5.74) is 2.74. The van der Waals surface area contributed by atoms with Crippen LogP contribution in [-0.2, 0) is 19.6 Å². The lowest BCUT2D eigenvalue weighted by atomic mass is 10.3. The van der Waals surface area contributed by atoms with Gasteiger partial charge in [-0.05, 0) is 19.1 Å². The van der Waals surface area contributed by atoms with Crippen LogP contribution >= 0.6 is 11.3 Å². The highest BCUT2D eigenvalue weighted by molar-refractivity contribution is 7.09. The van der Waals surface area contributed by atoms with Gasteiger partial charge in [-0.3, -0.25) is 9.58 Å². The highest BCUT2D eigenvalue weighted by Crippen LogP contribution is 2.20. The smallest absolute Gasteiger partial charge is 0.213 e. The van der Waals surface area contributed by atoms with E-state index in [0.717, 1.165) is 36.0 Å². The molecule has 3 aromatic heterocycles. The van der Waals surface area contributed by atoms with Gasteiger partial charge in [-0.2, -0.15) is 10.4 Å². The molecule has 1 atom stereocenters. The van der Waals surface area contributed by atoms with Crippen LogP contribution in [0.5, 0.6) is 5.88 Å². The number of fused-ring (bicyclic) bond motifs is 1. The van der Waals surface area contributed by atoms with Crippen molar-refractivity contribution >= 4 is 11.3 Å². The quantitative estimate of drug-likeness (QED) is 0.705. The summed E-state index contributed by atoms with van der Waals surface area (Å²) in [6.07, 6.45) is 3.27. The molecule has 0 aromatic carbocycles. The highest BCUT2D eigenvalue weighted by Gasteiger charge is 2.24. The Hall–Kier alpha value is -2.76. The minimum Gasteiger partial charge on any atom is -0.471 e. The molecule has 7 nitrogen and oxygen atoms in total. The maximum Gasteiger partial charge on any atom is 0.213 e. The Morgan fingerprint density at radius 1 is 1.35 bits per heavy atom. The van der Waals surface area contributed by atoms with E-state index in [-0.39, 0.29) is 6.10 Å². The predicted molar refractivity (Wildman–Crippen MR) is 96.6 cm³/mol. The van der Waals surface area contributed by atoms with Crippen molar-refractivity contribution in [2.45, 2.75) is 32.7 Å². The maximum atomic E-state index is 8.90. The molecule has 1 aliphatic heterocycles. The van der Waals surface area contributed by atoms with Gasteiger partial charge in [0.15, 0.2) is 0 Å². The second kappa shape index (κ2) is 7.23. The van der Waals surface area contributed by atoms with E-state index < -0.39 is 0 Å². The number of nitrogens with zero attached hydrogens (tertiary/aromatic N) is 6. The zero-order valence-electron chi connectivity index (χ0n) is 14.4. The summed E-state index contributed by atoms with van der Waals surface area (Å²) in [6.45, 7) is 5.02. The molecule has 0 saturated carbocycles. The van der Waals surface area contributed by atoms with Gasteiger partial charge in [0.1, 0.15) is 17.2 Å². The Morgan fingerprint density at radius 3 is 3.00 bits per heavy atom. The summed E-state index contributed by atoms with van der Waals surface area (Å²) >= 11 is 1.68. The van der Waals surface area contributed by atoms with Gasteiger partial charge >= 0.3 is 0 Å². The normalized spacial score (nSPS) is 17.3. The molecule has 0 aliphatic carbocycles. The van der Waals surface area contributed by atoms with E-state index in [1.165, 1.54) is 6.20 Å². The summed E-state index contributed by atoms with van der Waals surface area (Å²) in [4.78, 5) is 11.1. The standard InChI is InChI=1S/C18H18N6OS/c1-13-12-26-18(22-13)11-23-8-15-4-5-21-24(15)10-16(9-23)25-17-3-2-14(6-19)7-20-17/h2-5,7,12,16H,8-11H2,1H3. The number of aryl methyl sites for hydroxylation is 1. The highest BCUT2D eigenvalue weighted by atomic mass is 32.1. The Kier molecular flexibility index (Phi) is 4.65. The minimum atomic E-state index is -0.0855. The lowest BCUT2D eigenvalue weighted by Crippen LogP contribution is -2.35. The van der Waals surface area contributed by atoms with E-state index in [1.54, 1.807) is 23.5 Å². The fraction of sp³-hybridized carbons (Fsp3) is 0.333. The predicted octanol–water partition coefficient (Wildman–Crippen LogP) is 2.38. The number of hydrogen-bond acceptors (Lipinski definition) is 7. The first kappa shape index (κ1) is 16.7. The Balaban J connectivity index is 1.52. The maximum absolute atomic E-state index is 8.90. The third-order valence-corrected chi connectivity index (χ3v) is 5.16. The first-order chi connectivity index (χ1) is 12.7. The molecule has 1 unspecified atom stereocenters. The third-order valence-electron chi connectivity index (χ3n) is 4.21. The van der Waals surface area contributed by atoms with Gasteiger partial charge in [0.25, 0.3) is 0 Å². The van der Waals surface area contributed by atoms with Crippen LogP contribution in [0.2, 0.25) is 0 Å². The van der Waals surface area contributed by atoms with Crippen molar-refractivity contribution in [3.8, 4) is 11.9 Å². The van der Waals surface area contributed by atoms with E-state index >= 15 is 0 Å². The van der Waals surface area contributed by atoms with Crippen LogP contribution in [0.25, 0.3) is 0 Å². The first-order valence-corrected chi connectivity index (χ1v) is 9.24. The number of rotatable bonds is 4. The van der Waals surface area contributed by atoms with Crippen LogP contribution in [0.4, 0.5) is 0 Å².